The molecule has 1 atom stereocenters. The van der Waals surface area contributed by atoms with E-state index in [1.165, 1.54) is 16.7 Å². The maximum atomic E-state index is 5.62. The average Bonchev–Trinajstić information content (AvgIpc) is 3.00. The molecule has 0 bridgehead atoms. The van der Waals surface area contributed by atoms with Gasteiger partial charge in [0.15, 0.2) is 0 Å². The number of hydrogen-bond acceptors (Lipinski definition) is 3. The Morgan fingerprint density at radius 1 is 1.15 bits per heavy atom. The number of fused-ring (bicyclic) bond motifs is 1. The number of nitrogens with zero attached hydrogens (tertiary/aromatic N) is 2. The highest BCUT2D eigenvalue weighted by Gasteiger charge is 2.30. The fourth-order valence-corrected chi connectivity index (χ4v) is 4.34. The Kier molecular flexibility index (Phi) is 6.74. The molecular weight excluding hydrogens is 388 g/mol. The van der Waals surface area contributed by atoms with Crippen molar-refractivity contribution < 1.29 is 4.74 Å². The highest BCUT2D eigenvalue weighted by Crippen LogP contribution is 2.38. The summed E-state index contributed by atoms with van der Waals surface area (Å²) < 4.78 is 6.73. The molecule has 0 saturated carbocycles. The van der Waals surface area contributed by atoms with Crippen molar-refractivity contribution in [2.24, 2.45) is 0 Å². The molecule has 1 heterocycles. The van der Waals surface area contributed by atoms with Gasteiger partial charge in [-0.2, -0.15) is 0 Å². The van der Waals surface area contributed by atoms with E-state index in [0.29, 0.717) is 6.04 Å². The van der Waals surface area contributed by atoms with E-state index in [0.717, 1.165) is 49.4 Å². The van der Waals surface area contributed by atoms with Gasteiger partial charge in [-0.1, -0.05) is 54.0 Å². The molecule has 0 aliphatic carbocycles. The van der Waals surface area contributed by atoms with E-state index < -0.39 is 0 Å². The fraction of sp³-hybridized carbons (Fsp3) is 0.455. The number of hydrogen-bond donors (Lipinski definition) is 0. The van der Waals surface area contributed by atoms with E-state index in [1.54, 1.807) is 7.11 Å². The van der Waals surface area contributed by atoms with Gasteiger partial charge in [-0.05, 0) is 54.4 Å². The zero-order valence-corrected chi connectivity index (χ0v) is 17.6. The van der Waals surface area contributed by atoms with Gasteiger partial charge in [0.2, 0.25) is 0 Å². The summed E-state index contributed by atoms with van der Waals surface area (Å²) in [5.74, 6) is 0.973. The van der Waals surface area contributed by atoms with Gasteiger partial charge in [-0.3, -0.25) is 4.90 Å². The van der Waals surface area contributed by atoms with Crippen molar-refractivity contribution in [3.63, 3.8) is 0 Å². The van der Waals surface area contributed by atoms with Gasteiger partial charge in [0.05, 0.1) is 7.11 Å². The Hall–Kier alpha value is -1.36. The van der Waals surface area contributed by atoms with Crippen LogP contribution in [0.5, 0.6) is 5.75 Å². The van der Waals surface area contributed by atoms with Crippen LogP contribution in [0.2, 0.25) is 0 Å². The van der Waals surface area contributed by atoms with Gasteiger partial charge in [0.1, 0.15) is 5.75 Å². The lowest BCUT2D eigenvalue weighted by Gasteiger charge is -2.28. The van der Waals surface area contributed by atoms with Crippen LogP contribution in [0.25, 0.3) is 0 Å². The molecule has 0 N–H and O–H groups in total. The molecule has 0 aromatic heterocycles. The maximum Gasteiger partial charge on any atom is 0.122 e. The molecular formula is C22H29BrN2O. The van der Waals surface area contributed by atoms with Gasteiger partial charge in [-0.15, -0.1) is 0 Å². The Bertz CT molecular complexity index is 730. The Labute approximate surface area is 166 Å². The van der Waals surface area contributed by atoms with Gasteiger partial charge in [-0.25, -0.2) is 0 Å². The minimum atomic E-state index is 0.407. The number of benzene rings is 2. The van der Waals surface area contributed by atoms with Crippen LogP contribution in [0, 0.1) is 0 Å². The van der Waals surface area contributed by atoms with Crippen molar-refractivity contribution in [3.8, 4) is 5.75 Å². The average molecular weight is 417 g/mol. The van der Waals surface area contributed by atoms with E-state index in [2.05, 4.69) is 76.0 Å². The molecule has 2 aromatic carbocycles. The first-order valence-corrected chi connectivity index (χ1v) is 10.3. The van der Waals surface area contributed by atoms with Crippen molar-refractivity contribution in [3.05, 3.63) is 63.6 Å². The first kappa shape index (κ1) is 19.4. The van der Waals surface area contributed by atoms with Crippen molar-refractivity contribution in [2.45, 2.75) is 32.9 Å². The number of rotatable bonds is 8. The van der Waals surface area contributed by atoms with Crippen molar-refractivity contribution in [2.75, 3.05) is 33.3 Å². The maximum absolute atomic E-state index is 5.62. The van der Waals surface area contributed by atoms with Crippen LogP contribution in [0.15, 0.2) is 46.9 Å². The lowest BCUT2D eigenvalue weighted by Crippen LogP contribution is -2.34. The molecule has 1 unspecified atom stereocenters. The second-order valence-electron chi connectivity index (χ2n) is 6.87. The largest absolute Gasteiger partial charge is 0.496 e. The number of halogens is 1. The lowest BCUT2D eigenvalue weighted by atomic mass is 9.97. The van der Waals surface area contributed by atoms with Gasteiger partial charge >= 0.3 is 0 Å². The molecule has 0 saturated heterocycles. The topological polar surface area (TPSA) is 15.7 Å². The van der Waals surface area contributed by atoms with Crippen LogP contribution in [0.1, 0.15) is 36.6 Å². The quantitative estimate of drug-likeness (QED) is 0.608. The minimum absolute atomic E-state index is 0.407. The standard InChI is InChI=1S/C22H29BrN2O/c1-4-24(5-2)12-13-25-16-17-8-6-7-9-20(17)21(25)15-18-14-19(23)10-11-22(18)26-3/h6-11,14,21H,4-5,12-13,15-16H2,1-3H3. The third-order valence-electron chi connectivity index (χ3n) is 5.48. The van der Waals surface area contributed by atoms with Crippen LogP contribution in [-0.2, 0) is 13.0 Å². The van der Waals surface area contributed by atoms with Crippen molar-refractivity contribution >= 4 is 15.9 Å². The predicted molar refractivity (Wildman–Crippen MR) is 112 cm³/mol. The van der Waals surface area contributed by atoms with Crippen molar-refractivity contribution in [1.29, 1.82) is 0 Å². The van der Waals surface area contributed by atoms with Crippen LogP contribution in [0.4, 0.5) is 0 Å². The van der Waals surface area contributed by atoms with E-state index in [4.69, 9.17) is 4.74 Å². The fourth-order valence-electron chi connectivity index (χ4n) is 3.93. The predicted octanol–water partition coefficient (Wildman–Crippen LogP) is 4.90. The first-order chi connectivity index (χ1) is 12.7. The van der Waals surface area contributed by atoms with Gasteiger partial charge in [0.25, 0.3) is 0 Å². The van der Waals surface area contributed by atoms with Crippen LogP contribution >= 0.6 is 15.9 Å². The summed E-state index contributed by atoms with van der Waals surface area (Å²) in [5, 5.41) is 0. The van der Waals surface area contributed by atoms with Crippen LogP contribution < -0.4 is 4.74 Å². The smallest absolute Gasteiger partial charge is 0.122 e. The van der Waals surface area contributed by atoms with Crippen LogP contribution in [0.3, 0.4) is 0 Å². The molecule has 0 fully saturated rings. The lowest BCUT2D eigenvalue weighted by molar-refractivity contribution is 0.175. The molecule has 0 radical (unpaired) electrons. The molecule has 1 aliphatic rings. The van der Waals surface area contributed by atoms with E-state index >= 15 is 0 Å². The second-order valence-corrected chi connectivity index (χ2v) is 7.79. The first-order valence-electron chi connectivity index (χ1n) is 9.52. The molecule has 0 spiro atoms. The highest BCUT2D eigenvalue weighted by atomic mass is 79.9. The van der Waals surface area contributed by atoms with E-state index in [1.807, 2.05) is 6.07 Å². The van der Waals surface area contributed by atoms with Crippen molar-refractivity contribution in [1.82, 2.24) is 9.80 Å². The summed E-state index contributed by atoms with van der Waals surface area (Å²) in [6.45, 7) is 9.96. The molecule has 3 nitrogen and oxygen atoms in total. The zero-order valence-electron chi connectivity index (χ0n) is 16.0. The molecule has 1 aliphatic heterocycles. The Morgan fingerprint density at radius 3 is 2.65 bits per heavy atom. The summed E-state index contributed by atoms with van der Waals surface area (Å²) in [6.07, 6.45) is 0.970. The van der Waals surface area contributed by atoms with Crippen LogP contribution in [-0.4, -0.2) is 43.1 Å². The Balaban J connectivity index is 1.84. The highest BCUT2D eigenvalue weighted by molar-refractivity contribution is 9.10. The van der Waals surface area contributed by atoms with E-state index in [-0.39, 0.29) is 0 Å². The SMILES string of the molecule is CCN(CC)CCN1Cc2ccccc2C1Cc1cc(Br)ccc1OC. The summed E-state index contributed by atoms with van der Waals surface area (Å²) in [5.41, 5.74) is 4.19. The molecule has 4 heteroatoms. The third kappa shape index (κ3) is 4.30. The minimum Gasteiger partial charge on any atom is -0.496 e. The molecule has 3 rings (SSSR count). The number of methoxy groups -OCH3 is 1. The zero-order chi connectivity index (χ0) is 18.5. The Morgan fingerprint density at radius 2 is 1.92 bits per heavy atom. The summed E-state index contributed by atoms with van der Waals surface area (Å²) >= 11 is 3.61. The molecule has 2 aromatic rings. The molecule has 26 heavy (non-hydrogen) atoms. The summed E-state index contributed by atoms with van der Waals surface area (Å²) in [6, 6.07) is 15.6. The number of likely N-dealkylation sites (N-methyl/N-ethyl adjacent to an activating group) is 1. The van der Waals surface area contributed by atoms with Gasteiger partial charge < -0.3 is 9.64 Å². The van der Waals surface area contributed by atoms with E-state index in [9.17, 15) is 0 Å². The summed E-state index contributed by atoms with van der Waals surface area (Å²) in [7, 11) is 1.76. The molecule has 0 amide bonds. The monoisotopic (exact) mass is 416 g/mol. The third-order valence-corrected chi connectivity index (χ3v) is 5.98. The molecule has 140 valence electrons. The normalized spacial score (nSPS) is 16.9. The number of ether oxygens (including phenoxy) is 1. The van der Waals surface area contributed by atoms with Gasteiger partial charge in [0, 0.05) is 30.1 Å². The summed E-state index contributed by atoms with van der Waals surface area (Å²) in [4.78, 5) is 5.13. The second kappa shape index (κ2) is 9.03.